The number of rotatable bonds is 5. The van der Waals surface area contributed by atoms with Gasteiger partial charge in [-0.2, -0.15) is 5.10 Å². The Kier molecular flexibility index (Phi) is 4.04. The molecule has 1 aromatic rings. The summed E-state index contributed by atoms with van der Waals surface area (Å²) in [4.78, 5) is 15.0. The topological polar surface area (TPSA) is 68.0 Å². The van der Waals surface area contributed by atoms with Crippen molar-refractivity contribution in [1.29, 1.82) is 0 Å². The van der Waals surface area contributed by atoms with Crippen LogP contribution in [0.25, 0.3) is 0 Å². The number of thioether (sulfide) groups is 1. The molecule has 2 rings (SSSR count). The Bertz CT molecular complexity index is 399. The van der Waals surface area contributed by atoms with Crippen LogP contribution < -0.4 is 0 Å². The van der Waals surface area contributed by atoms with Gasteiger partial charge in [0, 0.05) is 13.0 Å². The second-order valence-electron chi connectivity index (χ2n) is 4.38. The molecule has 94 valence electrons. The highest BCUT2D eigenvalue weighted by Gasteiger charge is 2.22. The molecule has 0 radical (unpaired) electrons. The predicted octanol–water partition coefficient (Wildman–Crippen LogP) is 1.79. The summed E-state index contributed by atoms with van der Waals surface area (Å²) in [5.74, 6) is 2.27. The monoisotopic (exact) mass is 255 g/mol. The van der Waals surface area contributed by atoms with E-state index >= 15 is 0 Å². The number of carbonyl (C=O) groups is 1. The number of carboxylic acid groups (broad SMARTS) is 1. The quantitative estimate of drug-likeness (QED) is 0.868. The summed E-state index contributed by atoms with van der Waals surface area (Å²) in [5, 5.41) is 13.0. The second kappa shape index (κ2) is 5.53. The molecule has 5 nitrogen and oxygen atoms in total. The fourth-order valence-electron chi connectivity index (χ4n) is 2.15. The van der Waals surface area contributed by atoms with Crippen LogP contribution in [-0.4, -0.2) is 31.6 Å². The second-order valence-corrected chi connectivity index (χ2v) is 5.36. The van der Waals surface area contributed by atoms with E-state index in [1.165, 1.54) is 37.4 Å². The minimum Gasteiger partial charge on any atom is -0.481 e. The largest absolute Gasteiger partial charge is 0.481 e. The highest BCUT2D eigenvalue weighted by molar-refractivity contribution is 7.99. The molecule has 17 heavy (non-hydrogen) atoms. The minimum absolute atomic E-state index is 0.117. The molecule has 1 aliphatic rings. The van der Waals surface area contributed by atoms with Crippen molar-refractivity contribution >= 4 is 17.7 Å². The van der Waals surface area contributed by atoms with Gasteiger partial charge in [-0.3, -0.25) is 9.48 Å². The lowest BCUT2D eigenvalue weighted by Gasteiger charge is -2.00. The normalized spacial score (nSPS) is 16.5. The van der Waals surface area contributed by atoms with Crippen LogP contribution in [0.2, 0.25) is 0 Å². The number of aliphatic carboxylic acids is 1. The highest BCUT2D eigenvalue weighted by atomic mass is 32.2. The Labute approximate surface area is 105 Å². The number of carboxylic acids is 1. The van der Waals surface area contributed by atoms with E-state index in [0.29, 0.717) is 11.7 Å². The standard InChI is InChI=1S/C11H17N3O2S/c1-14-9(6-17-7-10(15)16)12-11(13-14)8-4-2-3-5-8/h8H,2-7H2,1H3,(H,15,16). The molecular formula is C11H17N3O2S. The lowest BCUT2D eigenvalue weighted by atomic mass is 10.1. The molecule has 0 atom stereocenters. The van der Waals surface area contributed by atoms with Crippen LogP contribution in [0, 0.1) is 0 Å². The van der Waals surface area contributed by atoms with Gasteiger partial charge in [0.15, 0.2) is 5.82 Å². The smallest absolute Gasteiger partial charge is 0.313 e. The molecule has 0 unspecified atom stereocenters. The third-order valence-electron chi connectivity index (χ3n) is 3.05. The molecule has 1 aliphatic carbocycles. The van der Waals surface area contributed by atoms with Crippen LogP contribution in [0.15, 0.2) is 0 Å². The number of nitrogens with zero attached hydrogens (tertiary/aromatic N) is 3. The first kappa shape index (κ1) is 12.4. The number of aromatic nitrogens is 3. The molecule has 0 aliphatic heterocycles. The maximum absolute atomic E-state index is 10.4. The fraction of sp³-hybridized carbons (Fsp3) is 0.727. The molecule has 1 aromatic heterocycles. The van der Waals surface area contributed by atoms with Gasteiger partial charge in [-0.05, 0) is 12.8 Å². The van der Waals surface area contributed by atoms with Gasteiger partial charge in [-0.1, -0.05) is 12.8 Å². The first-order chi connectivity index (χ1) is 8.16. The number of hydrogen-bond donors (Lipinski definition) is 1. The minimum atomic E-state index is -0.784. The van der Waals surface area contributed by atoms with Gasteiger partial charge in [-0.15, -0.1) is 11.8 Å². The van der Waals surface area contributed by atoms with Crippen molar-refractivity contribution < 1.29 is 9.90 Å². The first-order valence-corrected chi connectivity index (χ1v) is 7.01. The van der Waals surface area contributed by atoms with Gasteiger partial charge < -0.3 is 5.11 Å². The zero-order valence-electron chi connectivity index (χ0n) is 9.93. The molecule has 1 saturated carbocycles. The summed E-state index contributed by atoms with van der Waals surface area (Å²) in [5.41, 5.74) is 0. The van der Waals surface area contributed by atoms with Gasteiger partial charge in [0.1, 0.15) is 5.82 Å². The van der Waals surface area contributed by atoms with Crippen molar-refractivity contribution in [2.24, 2.45) is 7.05 Å². The van der Waals surface area contributed by atoms with Crippen LogP contribution in [0.4, 0.5) is 0 Å². The number of hydrogen-bond acceptors (Lipinski definition) is 4. The lowest BCUT2D eigenvalue weighted by molar-refractivity contribution is -0.133. The van der Waals surface area contributed by atoms with Crippen LogP contribution >= 0.6 is 11.8 Å². The van der Waals surface area contributed by atoms with Gasteiger partial charge in [-0.25, -0.2) is 4.98 Å². The Morgan fingerprint density at radius 1 is 1.53 bits per heavy atom. The molecule has 6 heteroatoms. The molecule has 0 saturated heterocycles. The predicted molar refractivity (Wildman–Crippen MR) is 66.0 cm³/mol. The van der Waals surface area contributed by atoms with E-state index < -0.39 is 5.97 Å². The van der Waals surface area contributed by atoms with E-state index in [0.717, 1.165) is 11.6 Å². The highest BCUT2D eigenvalue weighted by Crippen LogP contribution is 2.32. The molecule has 1 heterocycles. The van der Waals surface area contributed by atoms with E-state index in [1.807, 2.05) is 7.05 Å². The Morgan fingerprint density at radius 2 is 2.24 bits per heavy atom. The molecule has 0 bridgehead atoms. The first-order valence-electron chi connectivity index (χ1n) is 5.86. The van der Waals surface area contributed by atoms with Crippen molar-refractivity contribution in [2.75, 3.05) is 5.75 Å². The van der Waals surface area contributed by atoms with Gasteiger partial charge in [0.25, 0.3) is 0 Å². The van der Waals surface area contributed by atoms with Gasteiger partial charge in [0.05, 0.1) is 11.5 Å². The van der Waals surface area contributed by atoms with E-state index in [2.05, 4.69) is 10.1 Å². The summed E-state index contributed by atoms with van der Waals surface area (Å²) in [7, 11) is 1.88. The third-order valence-corrected chi connectivity index (χ3v) is 3.96. The molecule has 1 fully saturated rings. The van der Waals surface area contributed by atoms with Crippen LogP contribution in [0.3, 0.4) is 0 Å². The van der Waals surface area contributed by atoms with Gasteiger partial charge >= 0.3 is 5.97 Å². The summed E-state index contributed by atoms with van der Waals surface area (Å²) in [6.45, 7) is 0. The SMILES string of the molecule is Cn1nc(C2CCCC2)nc1CSCC(=O)O. The summed E-state index contributed by atoms with van der Waals surface area (Å²) >= 11 is 1.36. The third kappa shape index (κ3) is 3.21. The van der Waals surface area contributed by atoms with E-state index in [4.69, 9.17) is 5.11 Å². The zero-order valence-corrected chi connectivity index (χ0v) is 10.7. The summed E-state index contributed by atoms with van der Waals surface area (Å²) in [6, 6.07) is 0. The summed E-state index contributed by atoms with van der Waals surface area (Å²) < 4.78 is 1.78. The van der Waals surface area contributed by atoms with Crippen LogP contribution in [0.5, 0.6) is 0 Å². The lowest BCUT2D eigenvalue weighted by Crippen LogP contribution is -2.01. The van der Waals surface area contributed by atoms with Gasteiger partial charge in [0.2, 0.25) is 0 Å². The van der Waals surface area contributed by atoms with Crippen molar-refractivity contribution in [3.8, 4) is 0 Å². The maximum Gasteiger partial charge on any atom is 0.313 e. The average Bonchev–Trinajstić information content (AvgIpc) is 2.87. The van der Waals surface area contributed by atoms with Crippen molar-refractivity contribution in [1.82, 2.24) is 14.8 Å². The Balaban J connectivity index is 1.95. The van der Waals surface area contributed by atoms with E-state index in [9.17, 15) is 4.79 Å². The van der Waals surface area contributed by atoms with Crippen LogP contribution in [-0.2, 0) is 17.6 Å². The molecule has 0 aromatic carbocycles. The van der Waals surface area contributed by atoms with Crippen molar-refractivity contribution in [2.45, 2.75) is 37.4 Å². The van der Waals surface area contributed by atoms with E-state index in [-0.39, 0.29) is 5.75 Å². The Morgan fingerprint density at radius 3 is 2.88 bits per heavy atom. The maximum atomic E-state index is 10.4. The Hall–Kier alpha value is -1.04. The average molecular weight is 255 g/mol. The fourth-order valence-corrected chi connectivity index (χ4v) is 2.86. The molecular weight excluding hydrogens is 238 g/mol. The zero-order chi connectivity index (χ0) is 12.3. The molecule has 0 amide bonds. The van der Waals surface area contributed by atoms with E-state index in [1.54, 1.807) is 4.68 Å². The van der Waals surface area contributed by atoms with Crippen molar-refractivity contribution in [3.05, 3.63) is 11.6 Å². The van der Waals surface area contributed by atoms with Crippen LogP contribution in [0.1, 0.15) is 43.3 Å². The van der Waals surface area contributed by atoms with Crippen molar-refractivity contribution in [3.63, 3.8) is 0 Å². The molecule has 1 N–H and O–H groups in total. The number of aryl methyl sites for hydroxylation is 1. The summed E-state index contributed by atoms with van der Waals surface area (Å²) in [6.07, 6.45) is 4.91. The molecule has 0 spiro atoms.